The number of halogens is 3. The van der Waals surface area contributed by atoms with Crippen LogP contribution in [0.4, 0.5) is 13.2 Å². The monoisotopic (exact) mass is 291 g/mol. The number of amides is 1. The summed E-state index contributed by atoms with van der Waals surface area (Å²) in [7, 11) is 1.54. The van der Waals surface area contributed by atoms with Gasteiger partial charge in [0.05, 0.1) is 12.7 Å². The summed E-state index contributed by atoms with van der Waals surface area (Å²) in [5.41, 5.74) is 1.42. The van der Waals surface area contributed by atoms with Crippen molar-refractivity contribution < 1.29 is 27.8 Å². The summed E-state index contributed by atoms with van der Waals surface area (Å²) in [5, 5.41) is 11.6. The highest BCUT2D eigenvalue weighted by molar-refractivity contribution is 5.81. The zero-order valence-corrected chi connectivity index (χ0v) is 10.9. The molecule has 7 heteroatoms. The van der Waals surface area contributed by atoms with E-state index in [9.17, 15) is 23.1 Å². The van der Waals surface area contributed by atoms with Gasteiger partial charge in [-0.1, -0.05) is 24.3 Å². The highest BCUT2D eigenvalue weighted by atomic mass is 19.4. The van der Waals surface area contributed by atoms with Gasteiger partial charge in [-0.05, 0) is 17.5 Å². The first-order valence-electron chi connectivity index (χ1n) is 5.95. The van der Waals surface area contributed by atoms with Crippen LogP contribution in [0.15, 0.2) is 24.3 Å². The van der Waals surface area contributed by atoms with Gasteiger partial charge in [-0.3, -0.25) is 4.79 Å². The number of hydrogen-bond acceptors (Lipinski definition) is 3. The summed E-state index contributed by atoms with van der Waals surface area (Å²) in [6.45, 7) is 0.124. The Kier molecular flexibility index (Phi) is 5.97. The lowest BCUT2D eigenvalue weighted by Crippen LogP contribution is -2.37. The lowest BCUT2D eigenvalue weighted by atomic mass is 10.0. The highest BCUT2D eigenvalue weighted by Gasteiger charge is 2.38. The molecule has 1 unspecified atom stereocenters. The van der Waals surface area contributed by atoms with Crippen molar-refractivity contribution in [2.75, 3.05) is 13.7 Å². The van der Waals surface area contributed by atoms with Gasteiger partial charge in [-0.15, -0.1) is 0 Å². The van der Waals surface area contributed by atoms with E-state index in [4.69, 9.17) is 4.74 Å². The first-order chi connectivity index (χ1) is 9.34. The second-order valence-corrected chi connectivity index (χ2v) is 4.24. The summed E-state index contributed by atoms with van der Waals surface area (Å²) in [4.78, 5) is 10.6. The Hall–Kier alpha value is -1.60. The third-order valence-electron chi connectivity index (χ3n) is 2.61. The molecule has 0 heterocycles. The van der Waals surface area contributed by atoms with E-state index in [1.807, 2.05) is 6.07 Å². The molecule has 112 valence electrons. The molecule has 1 aromatic carbocycles. The highest BCUT2D eigenvalue weighted by Crippen LogP contribution is 2.18. The smallest absolute Gasteiger partial charge is 0.388 e. The molecule has 0 fully saturated rings. The average molecular weight is 291 g/mol. The maximum Gasteiger partial charge on any atom is 0.471 e. The molecule has 0 aliphatic carbocycles. The molecule has 0 aliphatic rings. The molecule has 4 nitrogen and oxygen atoms in total. The van der Waals surface area contributed by atoms with Gasteiger partial charge in [0.15, 0.2) is 0 Å². The Morgan fingerprint density at radius 2 is 2.15 bits per heavy atom. The number of rotatable bonds is 6. The summed E-state index contributed by atoms with van der Waals surface area (Å²) < 4.78 is 40.8. The van der Waals surface area contributed by atoms with Crippen molar-refractivity contribution in [3.63, 3.8) is 0 Å². The lowest BCUT2D eigenvalue weighted by Gasteiger charge is -2.13. The predicted octanol–water partition coefficient (Wildman–Crippen LogP) is 1.93. The maximum absolute atomic E-state index is 11.9. The van der Waals surface area contributed by atoms with E-state index in [2.05, 4.69) is 0 Å². The van der Waals surface area contributed by atoms with Gasteiger partial charge in [0, 0.05) is 13.7 Å². The van der Waals surface area contributed by atoms with Crippen LogP contribution in [0, 0.1) is 0 Å². The molecule has 0 spiro atoms. The van der Waals surface area contributed by atoms with Crippen LogP contribution in [-0.4, -0.2) is 30.8 Å². The molecule has 0 aromatic heterocycles. The number of ether oxygens (including phenoxy) is 1. The van der Waals surface area contributed by atoms with Crippen LogP contribution in [0.25, 0.3) is 0 Å². The van der Waals surface area contributed by atoms with E-state index in [1.165, 1.54) is 7.11 Å². The molecule has 2 N–H and O–H groups in total. The molecule has 0 saturated heterocycles. The van der Waals surface area contributed by atoms with Gasteiger partial charge in [-0.2, -0.15) is 13.2 Å². The van der Waals surface area contributed by atoms with Gasteiger partial charge in [-0.25, -0.2) is 0 Å². The van der Waals surface area contributed by atoms with Crippen molar-refractivity contribution in [3.05, 3.63) is 35.4 Å². The van der Waals surface area contributed by atoms with Crippen LogP contribution >= 0.6 is 0 Å². The number of aliphatic hydroxyl groups excluding tert-OH is 1. The summed E-state index contributed by atoms with van der Waals surface area (Å²) in [6.07, 6.45) is -5.85. The molecule has 1 amide bonds. The Morgan fingerprint density at radius 1 is 1.45 bits per heavy atom. The third-order valence-corrected chi connectivity index (χ3v) is 2.61. The van der Waals surface area contributed by atoms with Crippen LogP contribution in [0.3, 0.4) is 0 Å². The predicted molar refractivity (Wildman–Crippen MR) is 65.8 cm³/mol. The Bertz CT molecular complexity index is 449. The number of methoxy groups -OCH3 is 1. The van der Waals surface area contributed by atoms with Crippen molar-refractivity contribution in [2.24, 2.45) is 0 Å². The Balaban J connectivity index is 2.48. The third kappa shape index (κ3) is 5.18. The largest absolute Gasteiger partial charge is 0.471 e. The average Bonchev–Trinajstić information content (AvgIpc) is 2.38. The summed E-state index contributed by atoms with van der Waals surface area (Å²) >= 11 is 0. The second kappa shape index (κ2) is 7.25. The van der Waals surface area contributed by atoms with E-state index in [0.29, 0.717) is 12.2 Å². The molecule has 0 aliphatic heterocycles. The fraction of sp³-hybridized carbons (Fsp3) is 0.462. The summed E-state index contributed by atoms with van der Waals surface area (Å²) in [6, 6.07) is 6.90. The van der Waals surface area contributed by atoms with Crippen LogP contribution in [0.2, 0.25) is 0 Å². The number of carbonyl (C=O) groups excluding carboxylic acids is 1. The number of nitrogens with one attached hydrogen (secondary N) is 1. The van der Waals surface area contributed by atoms with E-state index >= 15 is 0 Å². The first-order valence-corrected chi connectivity index (χ1v) is 5.95. The topological polar surface area (TPSA) is 58.6 Å². The van der Waals surface area contributed by atoms with E-state index in [1.54, 1.807) is 23.5 Å². The van der Waals surface area contributed by atoms with Gasteiger partial charge in [0.1, 0.15) is 0 Å². The number of carbonyl (C=O) groups is 1. The second-order valence-electron chi connectivity index (χ2n) is 4.24. The minimum absolute atomic E-state index is 0.00173. The number of alkyl halides is 3. The molecule has 1 rings (SSSR count). The Labute approximate surface area is 114 Å². The van der Waals surface area contributed by atoms with Gasteiger partial charge in [0.2, 0.25) is 0 Å². The van der Waals surface area contributed by atoms with E-state index in [-0.39, 0.29) is 13.0 Å². The number of aliphatic hydroxyl groups is 1. The van der Waals surface area contributed by atoms with Gasteiger partial charge in [0.25, 0.3) is 0 Å². The Morgan fingerprint density at radius 3 is 2.75 bits per heavy atom. The van der Waals surface area contributed by atoms with Crippen LogP contribution in [0.5, 0.6) is 0 Å². The van der Waals surface area contributed by atoms with Crippen molar-refractivity contribution in [3.8, 4) is 0 Å². The normalized spacial score (nSPS) is 13.1. The molecule has 1 aromatic rings. The molecule has 1 atom stereocenters. The fourth-order valence-corrected chi connectivity index (χ4v) is 1.65. The molecular formula is C13H16F3NO3. The maximum atomic E-state index is 11.9. The standard InChI is InChI=1S/C13H16F3NO3/c1-20-8-9-3-2-4-10(7-9)11(18)5-6-17-12(19)13(14,15)16/h2-4,7,11,18H,5-6,8H2,1H3,(H,17,19). The number of benzene rings is 1. The van der Waals surface area contributed by atoms with E-state index in [0.717, 1.165) is 5.56 Å². The molecule has 0 saturated carbocycles. The zero-order chi connectivity index (χ0) is 15.2. The molecule has 0 bridgehead atoms. The summed E-state index contributed by atoms with van der Waals surface area (Å²) in [5.74, 6) is -2.00. The van der Waals surface area contributed by atoms with Crippen molar-refractivity contribution in [2.45, 2.75) is 25.3 Å². The minimum atomic E-state index is -4.90. The van der Waals surface area contributed by atoms with Crippen LogP contribution in [-0.2, 0) is 16.1 Å². The van der Waals surface area contributed by atoms with Crippen molar-refractivity contribution >= 4 is 5.91 Å². The SMILES string of the molecule is COCc1cccc(C(O)CCNC(=O)C(F)(F)F)c1. The molecular weight excluding hydrogens is 275 g/mol. The molecule has 0 radical (unpaired) electrons. The van der Waals surface area contributed by atoms with Gasteiger partial charge < -0.3 is 15.2 Å². The van der Waals surface area contributed by atoms with Crippen molar-refractivity contribution in [1.29, 1.82) is 0 Å². The number of hydrogen-bond donors (Lipinski definition) is 2. The quantitative estimate of drug-likeness (QED) is 0.842. The van der Waals surface area contributed by atoms with E-state index < -0.39 is 18.2 Å². The van der Waals surface area contributed by atoms with Crippen LogP contribution in [0.1, 0.15) is 23.7 Å². The fourth-order valence-electron chi connectivity index (χ4n) is 1.65. The minimum Gasteiger partial charge on any atom is -0.388 e. The molecule has 20 heavy (non-hydrogen) atoms. The zero-order valence-electron chi connectivity index (χ0n) is 10.9. The first kappa shape index (κ1) is 16.5. The van der Waals surface area contributed by atoms with Crippen LogP contribution < -0.4 is 5.32 Å². The van der Waals surface area contributed by atoms with Crippen molar-refractivity contribution in [1.82, 2.24) is 5.32 Å². The van der Waals surface area contributed by atoms with Gasteiger partial charge >= 0.3 is 12.1 Å². The lowest BCUT2D eigenvalue weighted by molar-refractivity contribution is -0.173.